The third kappa shape index (κ3) is 5.91. The van der Waals surface area contributed by atoms with Crippen molar-refractivity contribution in [1.29, 1.82) is 0 Å². The third-order valence-electron chi connectivity index (χ3n) is 5.20. The molecule has 2 aromatic rings. The fourth-order valence-electron chi connectivity index (χ4n) is 3.55. The number of nitrogens with zero attached hydrogens (tertiary/aromatic N) is 1. The van der Waals surface area contributed by atoms with Crippen LogP contribution in [0.1, 0.15) is 33.6 Å². The maximum Gasteiger partial charge on any atom is 0.253 e. The second kappa shape index (κ2) is 9.90. The summed E-state index contributed by atoms with van der Waals surface area (Å²) >= 11 is 0. The molecule has 1 aliphatic heterocycles. The largest absolute Gasteiger partial charge is 0.493 e. The highest BCUT2D eigenvalue weighted by atomic mass is 32.2. The summed E-state index contributed by atoms with van der Waals surface area (Å²) in [7, 11) is -0.304. The molecular formula is C22H27N3O6S. The van der Waals surface area contributed by atoms with Crippen LogP contribution in [-0.4, -0.2) is 64.7 Å². The lowest BCUT2D eigenvalue weighted by molar-refractivity contribution is 0.0697. The minimum Gasteiger partial charge on any atom is -0.493 e. The van der Waals surface area contributed by atoms with Gasteiger partial charge in [0.05, 0.1) is 20.5 Å². The van der Waals surface area contributed by atoms with Gasteiger partial charge >= 0.3 is 0 Å². The van der Waals surface area contributed by atoms with E-state index in [-0.39, 0.29) is 17.9 Å². The van der Waals surface area contributed by atoms with E-state index in [4.69, 9.17) is 9.47 Å². The number of likely N-dealkylation sites (tertiary alicyclic amines) is 1. The van der Waals surface area contributed by atoms with Crippen molar-refractivity contribution in [3.8, 4) is 11.5 Å². The first-order valence-corrected chi connectivity index (χ1v) is 12.0. The van der Waals surface area contributed by atoms with Gasteiger partial charge in [-0.25, -0.2) is 8.42 Å². The van der Waals surface area contributed by atoms with E-state index in [9.17, 15) is 18.0 Å². The van der Waals surface area contributed by atoms with Gasteiger partial charge in [0.25, 0.3) is 11.8 Å². The van der Waals surface area contributed by atoms with Crippen molar-refractivity contribution in [3.63, 3.8) is 0 Å². The van der Waals surface area contributed by atoms with Crippen LogP contribution in [-0.2, 0) is 10.0 Å². The number of anilines is 1. The summed E-state index contributed by atoms with van der Waals surface area (Å²) in [5.41, 5.74) is 1.35. The van der Waals surface area contributed by atoms with Crippen LogP contribution >= 0.6 is 0 Å². The number of rotatable bonds is 7. The van der Waals surface area contributed by atoms with Gasteiger partial charge in [0.2, 0.25) is 10.0 Å². The summed E-state index contributed by atoms with van der Waals surface area (Å²) < 4.78 is 35.4. The standard InChI is InChI=1S/C22H27N3O6S/c1-30-19-9-6-16(14-20(19)31-2)22(27)25-12-10-17(11-13-25)23-21(26)15-4-7-18(8-5-15)24-32(3,28)29/h4-9,14,17,24H,10-13H2,1-3H3,(H,23,26). The van der Waals surface area contributed by atoms with Gasteiger partial charge in [-0.3, -0.25) is 14.3 Å². The second-order valence-electron chi connectivity index (χ2n) is 7.56. The Morgan fingerprint density at radius 2 is 1.53 bits per heavy atom. The van der Waals surface area contributed by atoms with Crippen LogP contribution in [0.15, 0.2) is 42.5 Å². The monoisotopic (exact) mass is 461 g/mol. The molecule has 0 unspecified atom stereocenters. The maximum atomic E-state index is 12.8. The number of benzene rings is 2. The van der Waals surface area contributed by atoms with E-state index in [1.165, 1.54) is 7.11 Å². The van der Waals surface area contributed by atoms with E-state index in [2.05, 4.69) is 10.0 Å². The van der Waals surface area contributed by atoms with E-state index in [0.29, 0.717) is 54.2 Å². The molecule has 1 fully saturated rings. The zero-order chi connectivity index (χ0) is 23.3. The summed E-state index contributed by atoms with van der Waals surface area (Å²) in [5, 5.41) is 2.98. The minimum atomic E-state index is -3.37. The first-order valence-electron chi connectivity index (χ1n) is 10.1. The summed E-state index contributed by atoms with van der Waals surface area (Å²) in [6.45, 7) is 1.05. The molecule has 2 amide bonds. The number of carbonyl (C=O) groups is 2. The molecule has 10 heteroatoms. The SMILES string of the molecule is COc1ccc(C(=O)N2CCC(NC(=O)c3ccc(NS(C)(=O)=O)cc3)CC2)cc1OC. The molecule has 9 nitrogen and oxygen atoms in total. The third-order valence-corrected chi connectivity index (χ3v) is 5.80. The topological polar surface area (TPSA) is 114 Å². The van der Waals surface area contributed by atoms with Crippen molar-refractivity contribution >= 4 is 27.5 Å². The minimum absolute atomic E-state index is 0.0502. The van der Waals surface area contributed by atoms with E-state index < -0.39 is 10.0 Å². The van der Waals surface area contributed by atoms with Crippen LogP contribution < -0.4 is 19.5 Å². The Morgan fingerprint density at radius 3 is 2.09 bits per heavy atom. The maximum absolute atomic E-state index is 12.8. The average molecular weight is 462 g/mol. The first kappa shape index (κ1) is 23.4. The molecule has 0 saturated carbocycles. The van der Waals surface area contributed by atoms with Gasteiger partial charge in [-0.2, -0.15) is 0 Å². The number of carbonyl (C=O) groups excluding carboxylic acids is 2. The van der Waals surface area contributed by atoms with Gasteiger partial charge in [-0.15, -0.1) is 0 Å². The molecule has 172 valence electrons. The van der Waals surface area contributed by atoms with Gasteiger partial charge in [0.15, 0.2) is 11.5 Å². The zero-order valence-corrected chi connectivity index (χ0v) is 19.1. The number of hydrogen-bond acceptors (Lipinski definition) is 6. The second-order valence-corrected chi connectivity index (χ2v) is 9.31. The van der Waals surface area contributed by atoms with Crippen molar-refractivity contribution < 1.29 is 27.5 Å². The van der Waals surface area contributed by atoms with Gasteiger partial charge < -0.3 is 19.7 Å². The molecule has 1 heterocycles. The normalized spacial score (nSPS) is 14.5. The lowest BCUT2D eigenvalue weighted by Crippen LogP contribution is -2.46. The summed E-state index contributed by atoms with van der Waals surface area (Å²) in [4.78, 5) is 27.1. The molecule has 0 atom stereocenters. The van der Waals surface area contributed by atoms with Crippen molar-refractivity contribution in [3.05, 3.63) is 53.6 Å². The predicted molar refractivity (Wildman–Crippen MR) is 121 cm³/mol. The Kier molecular flexibility index (Phi) is 7.24. The highest BCUT2D eigenvalue weighted by Gasteiger charge is 2.25. The van der Waals surface area contributed by atoms with Crippen molar-refractivity contribution in [1.82, 2.24) is 10.2 Å². The van der Waals surface area contributed by atoms with Gasteiger partial charge in [0, 0.05) is 35.9 Å². The number of hydrogen-bond donors (Lipinski definition) is 2. The Bertz CT molecular complexity index is 1080. The molecule has 32 heavy (non-hydrogen) atoms. The molecule has 0 aliphatic carbocycles. The highest BCUT2D eigenvalue weighted by molar-refractivity contribution is 7.92. The van der Waals surface area contributed by atoms with Crippen molar-refractivity contribution in [2.45, 2.75) is 18.9 Å². The van der Waals surface area contributed by atoms with E-state index in [1.807, 2.05) is 0 Å². The van der Waals surface area contributed by atoms with E-state index in [1.54, 1.807) is 54.5 Å². The fourth-order valence-corrected chi connectivity index (χ4v) is 4.12. The number of nitrogens with one attached hydrogen (secondary N) is 2. The van der Waals surface area contributed by atoms with Crippen molar-refractivity contribution in [2.24, 2.45) is 0 Å². The Morgan fingerprint density at radius 1 is 0.938 bits per heavy atom. The number of amides is 2. The highest BCUT2D eigenvalue weighted by Crippen LogP contribution is 2.28. The molecule has 2 aromatic carbocycles. The molecule has 3 rings (SSSR count). The molecule has 0 bridgehead atoms. The van der Waals surface area contributed by atoms with Crippen LogP contribution in [0.3, 0.4) is 0 Å². The van der Waals surface area contributed by atoms with Crippen molar-refractivity contribution in [2.75, 3.05) is 38.3 Å². The molecule has 1 saturated heterocycles. The molecule has 1 aliphatic rings. The van der Waals surface area contributed by atoms with E-state index >= 15 is 0 Å². The first-order chi connectivity index (χ1) is 15.2. The van der Waals surface area contributed by atoms with Crippen LogP contribution in [0, 0.1) is 0 Å². The quantitative estimate of drug-likeness (QED) is 0.653. The lowest BCUT2D eigenvalue weighted by Gasteiger charge is -2.32. The average Bonchev–Trinajstić information content (AvgIpc) is 2.78. The van der Waals surface area contributed by atoms with Crippen LogP contribution in [0.4, 0.5) is 5.69 Å². The van der Waals surface area contributed by atoms with Crippen LogP contribution in [0.2, 0.25) is 0 Å². The molecule has 2 N–H and O–H groups in total. The van der Waals surface area contributed by atoms with E-state index in [0.717, 1.165) is 6.26 Å². The zero-order valence-electron chi connectivity index (χ0n) is 18.3. The lowest BCUT2D eigenvalue weighted by atomic mass is 10.0. The molecular weight excluding hydrogens is 434 g/mol. The molecule has 0 spiro atoms. The molecule has 0 radical (unpaired) electrons. The smallest absolute Gasteiger partial charge is 0.253 e. The Balaban J connectivity index is 1.54. The number of sulfonamides is 1. The number of piperidine rings is 1. The van der Waals surface area contributed by atoms with Gasteiger partial charge in [0.1, 0.15) is 0 Å². The fraction of sp³-hybridized carbons (Fsp3) is 0.364. The van der Waals surface area contributed by atoms with Gasteiger partial charge in [-0.1, -0.05) is 0 Å². The predicted octanol–water partition coefficient (Wildman–Crippen LogP) is 2.11. The summed E-state index contributed by atoms with van der Waals surface area (Å²) in [6.07, 6.45) is 2.34. The Hall–Kier alpha value is -3.27. The number of methoxy groups -OCH3 is 2. The van der Waals surface area contributed by atoms with Crippen LogP contribution in [0.25, 0.3) is 0 Å². The Labute approximate surface area is 187 Å². The van der Waals surface area contributed by atoms with Crippen LogP contribution in [0.5, 0.6) is 11.5 Å². The van der Waals surface area contributed by atoms with Gasteiger partial charge in [-0.05, 0) is 55.3 Å². The summed E-state index contributed by atoms with van der Waals surface area (Å²) in [6, 6.07) is 11.2. The molecule has 0 aromatic heterocycles. The number of ether oxygens (including phenoxy) is 2. The summed E-state index contributed by atoms with van der Waals surface area (Å²) in [5.74, 6) is 0.731.